The van der Waals surface area contributed by atoms with Crippen LogP contribution < -0.4 is 0 Å². The van der Waals surface area contributed by atoms with E-state index in [0.717, 1.165) is 23.2 Å². The van der Waals surface area contributed by atoms with E-state index in [4.69, 9.17) is 4.42 Å². The van der Waals surface area contributed by atoms with Crippen LogP contribution in [0.3, 0.4) is 0 Å². The molecule has 0 bridgehead atoms. The summed E-state index contributed by atoms with van der Waals surface area (Å²) in [5.41, 5.74) is 3.50. The molecule has 1 heterocycles. The minimum atomic E-state index is 0.0412. The second-order valence-corrected chi connectivity index (χ2v) is 6.94. The van der Waals surface area contributed by atoms with Crippen molar-refractivity contribution in [2.75, 3.05) is 0 Å². The summed E-state index contributed by atoms with van der Waals surface area (Å²) in [6, 6.07) is 15.6. The van der Waals surface area contributed by atoms with Crippen LogP contribution in [0.4, 0.5) is 0 Å². The van der Waals surface area contributed by atoms with Crippen LogP contribution in [0.1, 0.15) is 54.9 Å². The van der Waals surface area contributed by atoms with Crippen molar-refractivity contribution in [3.8, 4) is 0 Å². The number of fused-ring (bicyclic) bond motifs is 1. The molecule has 0 saturated carbocycles. The van der Waals surface area contributed by atoms with Crippen LogP contribution >= 0.6 is 0 Å². The van der Waals surface area contributed by atoms with Crippen molar-refractivity contribution < 1.29 is 9.21 Å². The highest BCUT2D eigenvalue weighted by molar-refractivity contribution is 6.15. The van der Waals surface area contributed by atoms with Crippen molar-refractivity contribution in [1.29, 1.82) is 0 Å². The van der Waals surface area contributed by atoms with Gasteiger partial charge in [0.15, 0.2) is 5.78 Å². The van der Waals surface area contributed by atoms with Crippen molar-refractivity contribution in [3.63, 3.8) is 0 Å². The molecular weight excluding hydrogens is 284 g/mol. The summed E-state index contributed by atoms with van der Waals surface area (Å²) in [6.45, 7) is 8.55. The molecular formula is C21H22O2. The lowest BCUT2D eigenvalue weighted by Crippen LogP contribution is -2.11. The average molecular weight is 306 g/mol. The fourth-order valence-electron chi connectivity index (χ4n) is 2.76. The SMILES string of the molecule is CCc1cc2c(C(=O)c3ccc(C(C)(C)C)cc3)cccc2o1. The summed E-state index contributed by atoms with van der Waals surface area (Å²) >= 11 is 0. The van der Waals surface area contributed by atoms with Gasteiger partial charge >= 0.3 is 0 Å². The Morgan fingerprint density at radius 3 is 2.35 bits per heavy atom. The largest absolute Gasteiger partial charge is 0.461 e. The lowest BCUT2D eigenvalue weighted by atomic mass is 9.86. The Balaban J connectivity index is 2.02. The highest BCUT2D eigenvalue weighted by Crippen LogP contribution is 2.27. The molecule has 3 rings (SSSR count). The fraction of sp³-hybridized carbons (Fsp3) is 0.286. The molecule has 0 spiro atoms. The predicted octanol–water partition coefficient (Wildman–Crippen LogP) is 5.52. The minimum absolute atomic E-state index is 0.0412. The van der Waals surface area contributed by atoms with Gasteiger partial charge in [0.25, 0.3) is 0 Å². The van der Waals surface area contributed by atoms with E-state index in [9.17, 15) is 4.79 Å². The van der Waals surface area contributed by atoms with Crippen LogP contribution in [0.25, 0.3) is 11.0 Å². The van der Waals surface area contributed by atoms with Gasteiger partial charge in [-0.25, -0.2) is 0 Å². The first-order valence-corrected chi connectivity index (χ1v) is 8.07. The predicted molar refractivity (Wildman–Crippen MR) is 94.2 cm³/mol. The first kappa shape index (κ1) is 15.5. The highest BCUT2D eigenvalue weighted by atomic mass is 16.3. The molecule has 0 atom stereocenters. The molecule has 2 aromatic carbocycles. The number of hydrogen-bond acceptors (Lipinski definition) is 2. The summed E-state index contributed by atoms with van der Waals surface area (Å²) in [5, 5.41) is 0.897. The number of benzene rings is 2. The van der Waals surface area contributed by atoms with E-state index in [0.29, 0.717) is 11.1 Å². The lowest BCUT2D eigenvalue weighted by Gasteiger charge is -2.19. The van der Waals surface area contributed by atoms with E-state index in [1.54, 1.807) is 0 Å². The molecule has 0 aliphatic heterocycles. The maximum atomic E-state index is 12.9. The van der Waals surface area contributed by atoms with Gasteiger partial charge in [0.2, 0.25) is 0 Å². The molecule has 2 nitrogen and oxygen atoms in total. The standard InChI is InChI=1S/C21H22O2/c1-5-16-13-18-17(7-6-8-19(18)23-16)20(22)14-9-11-15(12-10-14)21(2,3)4/h6-13H,5H2,1-4H3. The normalized spacial score (nSPS) is 11.8. The number of hydrogen-bond donors (Lipinski definition) is 0. The van der Waals surface area contributed by atoms with E-state index in [1.807, 2.05) is 55.5 Å². The lowest BCUT2D eigenvalue weighted by molar-refractivity contribution is 0.104. The zero-order chi connectivity index (χ0) is 16.6. The van der Waals surface area contributed by atoms with Gasteiger partial charge < -0.3 is 4.42 Å². The molecule has 0 aliphatic rings. The van der Waals surface area contributed by atoms with Gasteiger partial charge in [0, 0.05) is 22.9 Å². The van der Waals surface area contributed by atoms with Crippen LogP contribution in [0, 0.1) is 0 Å². The summed E-state index contributed by atoms with van der Waals surface area (Å²) < 4.78 is 5.76. The molecule has 0 radical (unpaired) electrons. The Hall–Kier alpha value is -2.35. The second-order valence-electron chi connectivity index (χ2n) is 6.94. The van der Waals surface area contributed by atoms with Crippen LogP contribution in [-0.4, -0.2) is 5.78 Å². The Bertz CT molecular complexity index is 846. The Morgan fingerprint density at radius 1 is 1.04 bits per heavy atom. The third kappa shape index (κ3) is 2.94. The second kappa shape index (κ2) is 5.69. The molecule has 118 valence electrons. The first-order valence-electron chi connectivity index (χ1n) is 8.07. The van der Waals surface area contributed by atoms with E-state index >= 15 is 0 Å². The number of ketones is 1. The van der Waals surface area contributed by atoms with Gasteiger partial charge in [-0.3, -0.25) is 4.79 Å². The molecule has 2 heteroatoms. The number of aryl methyl sites for hydroxylation is 1. The van der Waals surface area contributed by atoms with Crippen LogP contribution in [0.5, 0.6) is 0 Å². The zero-order valence-corrected chi connectivity index (χ0v) is 14.1. The molecule has 3 aromatic rings. The van der Waals surface area contributed by atoms with E-state index < -0.39 is 0 Å². The van der Waals surface area contributed by atoms with Crippen LogP contribution in [0.2, 0.25) is 0 Å². The number of carbonyl (C=O) groups excluding carboxylic acids is 1. The Morgan fingerprint density at radius 2 is 1.74 bits per heavy atom. The van der Waals surface area contributed by atoms with Gasteiger partial charge in [-0.1, -0.05) is 64.1 Å². The smallest absolute Gasteiger partial charge is 0.193 e. The molecule has 0 N–H and O–H groups in total. The van der Waals surface area contributed by atoms with E-state index in [1.165, 1.54) is 5.56 Å². The van der Waals surface area contributed by atoms with Crippen molar-refractivity contribution in [1.82, 2.24) is 0 Å². The monoisotopic (exact) mass is 306 g/mol. The van der Waals surface area contributed by atoms with Gasteiger partial charge in [-0.05, 0) is 23.1 Å². The van der Waals surface area contributed by atoms with Crippen molar-refractivity contribution in [2.24, 2.45) is 0 Å². The Labute approximate surface area is 137 Å². The third-order valence-electron chi connectivity index (χ3n) is 4.22. The highest BCUT2D eigenvalue weighted by Gasteiger charge is 2.17. The van der Waals surface area contributed by atoms with Gasteiger partial charge in [0.05, 0.1) is 0 Å². The van der Waals surface area contributed by atoms with Crippen molar-refractivity contribution in [3.05, 3.63) is 71.0 Å². The molecule has 23 heavy (non-hydrogen) atoms. The molecule has 0 amide bonds. The van der Waals surface area contributed by atoms with E-state index in [-0.39, 0.29) is 11.2 Å². The maximum absolute atomic E-state index is 12.9. The van der Waals surface area contributed by atoms with Crippen molar-refractivity contribution >= 4 is 16.8 Å². The van der Waals surface area contributed by atoms with Gasteiger partial charge in [0.1, 0.15) is 11.3 Å². The van der Waals surface area contributed by atoms with Crippen LogP contribution in [-0.2, 0) is 11.8 Å². The van der Waals surface area contributed by atoms with E-state index in [2.05, 4.69) is 20.8 Å². The van der Waals surface area contributed by atoms with Gasteiger partial charge in [-0.2, -0.15) is 0 Å². The molecule has 1 aromatic heterocycles. The zero-order valence-electron chi connectivity index (χ0n) is 14.1. The summed E-state index contributed by atoms with van der Waals surface area (Å²) in [5.74, 6) is 0.947. The first-order chi connectivity index (χ1) is 10.9. The maximum Gasteiger partial charge on any atom is 0.193 e. The topological polar surface area (TPSA) is 30.2 Å². The van der Waals surface area contributed by atoms with Crippen LogP contribution in [0.15, 0.2) is 52.9 Å². The van der Waals surface area contributed by atoms with Gasteiger partial charge in [-0.15, -0.1) is 0 Å². The molecule has 0 saturated heterocycles. The van der Waals surface area contributed by atoms with Crippen molar-refractivity contribution in [2.45, 2.75) is 39.5 Å². The minimum Gasteiger partial charge on any atom is -0.461 e. The molecule has 0 aliphatic carbocycles. The molecule has 0 unspecified atom stereocenters. The number of furan rings is 1. The summed E-state index contributed by atoms with van der Waals surface area (Å²) in [7, 11) is 0. The molecule has 0 fully saturated rings. The quantitative estimate of drug-likeness (QED) is 0.596. The summed E-state index contributed by atoms with van der Waals surface area (Å²) in [6.07, 6.45) is 0.822. The summed E-state index contributed by atoms with van der Waals surface area (Å²) in [4.78, 5) is 12.9. The number of carbonyl (C=O) groups is 1. The number of rotatable bonds is 3. The Kier molecular flexibility index (Phi) is 3.85. The fourth-order valence-corrected chi connectivity index (χ4v) is 2.76. The third-order valence-corrected chi connectivity index (χ3v) is 4.22. The average Bonchev–Trinajstić information content (AvgIpc) is 2.96.